The minimum atomic E-state index is -0.444. The molecule has 1 aromatic carbocycles. The number of hydrogen-bond acceptors (Lipinski definition) is 4. The lowest BCUT2D eigenvalue weighted by atomic mass is 9.92. The van der Waals surface area contributed by atoms with Gasteiger partial charge in [0.2, 0.25) is 11.8 Å². The molecule has 3 N–H and O–H groups in total. The molecule has 0 fully saturated rings. The van der Waals surface area contributed by atoms with Gasteiger partial charge in [-0.25, -0.2) is 0 Å². The van der Waals surface area contributed by atoms with Crippen LogP contribution in [0.4, 0.5) is 11.5 Å². The first-order chi connectivity index (χ1) is 11.3. The summed E-state index contributed by atoms with van der Waals surface area (Å²) in [7, 11) is 0. The standard InChI is InChI=1S/C17H20N4O2S/c1-17(2,3)13-9-14(21-20-13)19-15(22)8-12-16(23)18-10-6-4-5-7-11(10)24-12/h4-7,9,12H,8H2,1-3H3,(H,18,23)(H2,19,20,21,22)/t12-/m1/s1. The van der Waals surface area contributed by atoms with Gasteiger partial charge in [-0.2, -0.15) is 5.10 Å². The molecule has 0 saturated carbocycles. The predicted molar refractivity (Wildman–Crippen MR) is 95.3 cm³/mol. The van der Waals surface area contributed by atoms with Gasteiger partial charge in [0.15, 0.2) is 5.82 Å². The van der Waals surface area contributed by atoms with Gasteiger partial charge < -0.3 is 10.6 Å². The predicted octanol–water partition coefficient (Wildman–Crippen LogP) is 3.15. The van der Waals surface area contributed by atoms with Crippen molar-refractivity contribution in [2.75, 3.05) is 10.6 Å². The van der Waals surface area contributed by atoms with E-state index in [0.29, 0.717) is 5.82 Å². The van der Waals surface area contributed by atoms with Gasteiger partial charge in [-0.05, 0) is 12.1 Å². The van der Waals surface area contributed by atoms with E-state index in [-0.39, 0.29) is 23.7 Å². The van der Waals surface area contributed by atoms with E-state index in [1.54, 1.807) is 0 Å². The number of thioether (sulfide) groups is 1. The average molecular weight is 344 g/mol. The molecule has 1 atom stereocenters. The Labute approximate surface area is 144 Å². The summed E-state index contributed by atoms with van der Waals surface area (Å²) in [6, 6.07) is 9.40. The van der Waals surface area contributed by atoms with Crippen molar-refractivity contribution in [1.29, 1.82) is 0 Å². The molecule has 7 heteroatoms. The Morgan fingerprint density at radius 1 is 1.33 bits per heavy atom. The van der Waals surface area contributed by atoms with Gasteiger partial charge in [0.1, 0.15) is 0 Å². The van der Waals surface area contributed by atoms with Crippen LogP contribution in [0.5, 0.6) is 0 Å². The van der Waals surface area contributed by atoms with Crippen molar-refractivity contribution in [3.05, 3.63) is 36.0 Å². The fourth-order valence-corrected chi connectivity index (χ4v) is 3.47. The van der Waals surface area contributed by atoms with E-state index < -0.39 is 5.25 Å². The molecule has 0 spiro atoms. The normalized spacial score (nSPS) is 17.1. The van der Waals surface area contributed by atoms with Crippen LogP contribution in [0.3, 0.4) is 0 Å². The number of aromatic nitrogens is 2. The van der Waals surface area contributed by atoms with Crippen molar-refractivity contribution < 1.29 is 9.59 Å². The highest BCUT2D eigenvalue weighted by Crippen LogP contribution is 2.36. The Balaban J connectivity index is 1.63. The molecule has 0 bridgehead atoms. The Kier molecular flexibility index (Phi) is 4.36. The summed E-state index contributed by atoms with van der Waals surface area (Å²) in [5.74, 6) is 0.104. The second-order valence-electron chi connectivity index (χ2n) is 6.76. The van der Waals surface area contributed by atoms with Gasteiger partial charge in [0.05, 0.1) is 10.9 Å². The van der Waals surface area contributed by atoms with Crippen LogP contribution in [0.15, 0.2) is 35.2 Å². The number of anilines is 2. The van der Waals surface area contributed by atoms with Gasteiger partial charge in [-0.1, -0.05) is 32.9 Å². The van der Waals surface area contributed by atoms with Crippen LogP contribution in [0.25, 0.3) is 0 Å². The quantitative estimate of drug-likeness (QED) is 0.798. The van der Waals surface area contributed by atoms with Crippen molar-refractivity contribution in [1.82, 2.24) is 10.2 Å². The summed E-state index contributed by atoms with van der Waals surface area (Å²) in [4.78, 5) is 25.4. The van der Waals surface area contributed by atoms with Crippen LogP contribution in [0.2, 0.25) is 0 Å². The molecular formula is C17H20N4O2S. The van der Waals surface area contributed by atoms with Crippen LogP contribution in [0.1, 0.15) is 32.9 Å². The molecule has 2 amide bonds. The highest BCUT2D eigenvalue weighted by molar-refractivity contribution is 8.01. The van der Waals surface area contributed by atoms with Gasteiger partial charge in [0.25, 0.3) is 0 Å². The maximum Gasteiger partial charge on any atom is 0.238 e. The van der Waals surface area contributed by atoms with Gasteiger partial charge in [0, 0.05) is 28.5 Å². The Hall–Kier alpha value is -2.28. The molecule has 24 heavy (non-hydrogen) atoms. The molecule has 1 aliphatic rings. The highest BCUT2D eigenvalue weighted by Gasteiger charge is 2.29. The van der Waals surface area contributed by atoms with Crippen LogP contribution in [-0.4, -0.2) is 27.3 Å². The SMILES string of the molecule is CC(C)(C)c1cc(NC(=O)C[C@H]2Sc3ccccc3NC2=O)n[nH]1. The van der Waals surface area contributed by atoms with Crippen LogP contribution < -0.4 is 10.6 Å². The summed E-state index contributed by atoms with van der Waals surface area (Å²) < 4.78 is 0. The lowest BCUT2D eigenvalue weighted by Crippen LogP contribution is -2.32. The topological polar surface area (TPSA) is 86.9 Å². The second kappa shape index (κ2) is 6.32. The molecule has 126 valence electrons. The highest BCUT2D eigenvalue weighted by atomic mass is 32.2. The van der Waals surface area contributed by atoms with Crippen LogP contribution in [-0.2, 0) is 15.0 Å². The second-order valence-corrected chi connectivity index (χ2v) is 8.01. The number of amides is 2. The summed E-state index contributed by atoms with van der Waals surface area (Å²) >= 11 is 1.41. The van der Waals surface area contributed by atoms with Crippen molar-refractivity contribution >= 4 is 35.1 Å². The van der Waals surface area contributed by atoms with E-state index in [2.05, 4.69) is 41.6 Å². The number of nitrogens with zero attached hydrogens (tertiary/aromatic N) is 1. The van der Waals surface area contributed by atoms with Crippen LogP contribution >= 0.6 is 11.8 Å². The van der Waals surface area contributed by atoms with Gasteiger partial charge in [-0.15, -0.1) is 11.8 Å². The molecular weight excluding hydrogens is 324 g/mol. The third-order valence-electron chi connectivity index (χ3n) is 3.73. The Bertz CT molecular complexity index is 779. The molecule has 0 unspecified atom stereocenters. The third kappa shape index (κ3) is 3.62. The minimum Gasteiger partial charge on any atom is -0.324 e. The van der Waals surface area contributed by atoms with E-state index in [1.165, 1.54) is 11.8 Å². The number of nitrogens with one attached hydrogen (secondary N) is 3. The molecule has 0 aliphatic carbocycles. The smallest absolute Gasteiger partial charge is 0.238 e. The average Bonchev–Trinajstić information content (AvgIpc) is 2.96. The van der Waals surface area contributed by atoms with Crippen molar-refractivity contribution in [3.8, 4) is 0 Å². The number of para-hydroxylation sites is 1. The molecule has 3 rings (SSSR count). The summed E-state index contributed by atoms with van der Waals surface area (Å²) in [6.45, 7) is 6.19. The fraction of sp³-hybridized carbons (Fsp3) is 0.353. The van der Waals surface area contributed by atoms with Crippen LogP contribution in [0, 0.1) is 0 Å². The lowest BCUT2D eigenvalue weighted by Gasteiger charge is -2.23. The van der Waals surface area contributed by atoms with E-state index in [4.69, 9.17) is 0 Å². The fourth-order valence-electron chi connectivity index (χ4n) is 2.36. The number of carbonyl (C=O) groups is 2. The molecule has 2 heterocycles. The molecule has 1 aromatic heterocycles. The minimum absolute atomic E-state index is 0.0706. The molecule has 2 aromatic rings. The lowest BCUT2D eigenvalue weighted by molar-refractivity contribution is -0.120. The summed E-state index contributed by atoms with van der Waals surface area (Å²) in [5.41, 5.74) is 1.67. The van der Waals surface area contributed by atoms with Gasteiger partial charge >= 0.3 is 0 Å². The number of H-pyrrole nitrogens is 1. The maximum atomic E-state index is 12.2. The zero-order chi connectivity index (χ0) is 17.3. The number of fused-ring (bicyclic) bond motifs is 1. The summed E-state index contributed by atoms with van der Waals surface area (Å²) in [5, 5.41) is 12.2. The van der Waals surface area contributed by atoms with E-state index >= 15 is 0 Å². The zero-order valence-electron chi connectivity index (χ0n) is 13.8. The Morgan fingerprint density at radius 3 is 2.79 bits per heavy atom. The molecule has 0 saturated heterocycles. The van der Waals surface area contributed by atoms with E-state index in [1.807, 2.05) is 30.3 Å². The van der Waals surface area contributed by atoms with Crippen molar-refractivity contribution in [3.63, 3.8) is 0 Å². The first kappa shape index (κ1) is 16.6. The van der Waals surface area contributed by atoms with Gasteiger partial charge in [-0.3, -0.25) is 14.7 Å². The number of carbonyl (C=O) groups excluding carboxylic acids is 2. The number of rotatable bonds is 3. The largest absolute Gasteiger partial charge is 0.324 e. The maximum absolute atomic E-state index is 12.2. The molecule has 0 radical (unpaired) electrons. The monoisotopic (exact) mass is 344 g/mol. The Morgan fingerprint density at radius 2 is 2.08 bits per heavy atom. The summed E-state index contributed by atoms with van der Waals surface area (Å²) in [6.07, 6.45) is 0.0997. The first-order valence-electron chi connectivity index (χ1n) is 7.75. The zero-order valence-corrected chi connectivity index (χ0v) is 14.7. The number of hydrogen-bond donors (Lipinski definition) is 3. The molecule has 1 aliphatic heterocycles. The van der Waals surface area contributed by atoms with Crippen molar-refractivity contribution in [2.24, 2.45) is 0 Å². The van der Waals surface area contributed by atoms with E-state index in [0.717, 1.165) is 16.3 Å². The number of benzene rings is 1. The first-order valence-corrected chi connectivity index (χ1v) is 8.63. The molecule has 6 nitrogen and oxygen atoms in total. The van der Waals surface area contributed by atoms with E-state index in [9.17, 15) is 9.59 Å². The number of aromatic amines is 1. The van der Waals surface area contributed by atoms with Crippen molar-refractivity contribution in [2.45, 2.75) is 42.8 Å². The third-order valence-corrected chi connectivity index (χ3v) is 5.01.